The molecule has 1 aromatic carbocycles. The van der Waals surface area contributed by atoms with Crippen molar-refractivity contribution >= 4 is 0 Å². The normalized spacial score (nSPS) is 10.1. The highest BCUT2D eigenvalue weighted by Gasteiger charge is 2.02. The lowest BCUT2D eigenvalue weighted by Crippen LogP contribution is -1.89. The minimum absolute atomic E-state index is 0.408. The third-order valence-electron chi connectivity index (χ3n) is 2.06. The van der Waals surface area contributed by atoms with E-state index >= 15 is 0 Å². The first-order valence-electron chi connectivity index (χ1n) is 4.44. The molecule has 0 aliphatic rings. The molecular formula is C12H16O. The van der Waals surface area contributed by atoms with Crippen molar-refractivity contribution in [3.8, 4) is 5.75 Å². The smallest absolute Gasteiger partial charge is 0.121 e. The molecule has 0 aromatic heterocycles. The topological polar surface area (TPSA) is 20.2 Å². The van der Waals surface area contributed by atoms with Crippen LogP contribution in [0.25, 0.3) is 0 Å². The molecule has 0 amide bonds. The van der Waals surface area contributed by atoms with Crippen molar-refractivity contribution in [1.82, 2.24) is 0 Å². The zero-order valence-corrected chi connectivity index (χ0v) is 8.52. The van der Waals surface area contributed by atoms with Crippen LogP contribution in [-0.4, -0.2) is 5.11 Å². The number of aromatic hydroxyl groups is 1. The summed E-state index contributed by atoms with van der Waals surface area (Å²) in [6.07, 6.45) is 0.891. The van der Waals surface area contributed by atoms with Gasteiger partial charge in [-0.3, -0.25) is 0 Å². The van der Waals surface area contributed by atoms with Crippen LogP contribution in [0.1, 0.15) is 23.6 Å². The third-order valence-corrected chi connectivity index (χ3v) is 2.06. The van der Waals surface area contributed by atoms with Gasteiger partial charge in [-0.05, 0) is 43.9 Å². The molecular weight excluding hydrogens is 160 g/mol. The molecule has 0 fully saturated rings. The second kappa shape index (κ2) is 3.65. The first-order chi connectivity index (χ1) is 6.00. The molecule has 0 aliphatic carbocycles. The largest absolute Gasteiger partial charge is 0.507 e. The molecule has 0 bridgehead atoms. The second-order valence-electron chi connectivity index (χ2n) is 3.71. The van der Waals surface area contributed by atoms with Gasteiger partial charge in [-0.15, -0.1) is 0 Å². The lowest BCUT2D eigenvalue weighted by atomic mass is 10.0. The molecule has 1 aromatic rings. The highest BCUT2D eigenvalue weighted by Crippen LogP contribution is 2.23. The van der Waals surface area contributed by atoms with Gasteiger partial charge in [-0.2, -0.15) is 0 Å². The highest BCUT2D eigenvalue weighted by molar-refractivity contribution is 5.42. The number of phenolic OH excluding ortho intramolecular Hbond substituents is 1. The van der Waals surface area contributed by atoms with E-state index in [1.807, 2.05) is 32.9 Å². The van der Waals surface area contributed by atoms with E-state index in [1.54, 1.807) is 0 Å². The molecule has 0 heterocycles. The molecule has 1 heteroatoms. The Morgan fingerprint density at radius 1 is 1.31 bits per heavy atom. The van der Waals surface area contributed by atoms with E-state index in [4.69, 9.17) is 0 Å². The third kappa shape index (κ3) is 2.35. The number of hydrogen-bond acceptors (Lipinski definition) is 1. The quantitative estimate of drug-likeness (QED) is 0.686. The van der Waals surface area contributed by atoms with Crippen LogP contribution < -0.4 is 0 Å². The van der Waals surface area contributed by atoms with Gasteiger partial charge in [-0.1, -0.05) is 24.3 Å². The summed E-state index contributed by atoms with van der Waals surface area (Å²) in [6, 6.07) is 4.02. The monoisotopic (exact) mass is 176 g/mol. The van der Waals surface area contributed by atoms with E-state index in [9.17, 15) is 5.11 Å². The van der Waals surface area contributed by atoms with Crippen molar-refractivity contribution in [3.05, 3.63) is 41.0 Å². The highest BCUT2D eigenvalue weighted by atomic mass is 16.3. The second-order valence-corrected chi connectivity index (χ2v) is 3.71. The summed E-state index contributed by atoms with van der Waals surface area (Å²) in [5, 5.41) is 9.54. The number of aryl methyl sites for hydroxylation is 2. The van der Waals surface area contributed by atoms with Crippen LogP contribution in [0.3, 0.4) is 0 Å². The maximum atomic E-state index is 9.54. The summed E-state index contributed by atoms with van der Waals surface area (Å²) >= 11 is 0. The van der Waals surface area contributed by atoms with Gasteiger partial charge in [0.05, 0.1) is 0 Å². The fourth-order valence-corrected chi connectivity index (χ4v) is 1.50. The van der Waals surface area contributed by atoms with E-state index in [2.05, 4.69) is 6.58 Å². The molecule has 1 nitrogen and oxygen atoms in total. The minimum Gasteiger partial charge on any atom is -0.507 e. The van der Waals surface area contributed by atoms with E-state index in [1.165, 1.54) is 5.56 Å². The predicted octanol–water partition coefficient (Wildman–Crippen LogP) is 3.13. The van der Waals surface area contributed by atoms with Gasteiger partial charge in [0, 0.05) is 0 Å². The van der Waals surface area contributed by atoms with Gasteiger partial charge in [0.15, 0.2) is 0 Å². The van der Waals surface area contributed by atoms with Crippen LogP contribution >= 0.6 is 0 Å². The first kappa shape index (κ1) is 9.85. The van der Waals surface area contributed by atoms with E-state index in [0.717, 1.165) is 23.1 Å². The Morgan fingerprint density at radius 2 is 1.77 bits per heavy atom. The van der Waals surface area contributed by atoms with Crippen molar-refractivity contribution in [1.29, 1.82) is 0 Å². The lowest BCUT2D eigenvalue weighted by Gasteiger charge is -2.07. The van der Waals surface area contributed by atoms with Crippen LogP contribution in [0.5, 0.6) is 5.75 Å². The molecule has 0 saturated heterocycles. The Bertz CT molecular complexity index is 314. The Labute approximate surface area is 79.7 Å². The van der Waals surface area contributed by atoms with Crippen molar-refractivity contribution in [2.75, 3.05) is 0 Å². The summed E-state index contributed by atoms with van der Waals surface area (Å²) in [5.41, 5.74) is 4.25. The predicted molar refractivity (Wildman–Crippen MR) is 56.1 cm³/mol. The molecule has 70 valence electrons. The van der Waals surface area contributed by atoms with Crippen LogP contribution in [-0.2, 0) is 6.42 Å². The molecule has 1 N–H and O–H groups in total. The van der Waals surface area contributed by atoms with Crippen LogP contribution in [0.2, 0.25) is 0 Å². The molecule has 0 radical (unpaired) electrons. The summed E-state index contributed by atoms with van der Waals surface area (Å²) in [6.45, 7) is 9.72. The van der Waals surface area contributed by atoms with Crippen molar-refractivity contribution in [2.24, 2.45) is 0 Å². The maximum Gasteiger partial charge on any atom is 0.121 e. The van der Waals surface area contributed by atoms with E-state index < -0.39 is 0 Å². The van der Waals surface area contributed by atoms with Gasteiger partial charge >= 0.3 is 0 Å². The molecule has 0 saturated carbocycles. The van der Waals surface area contributed by atoms with Crippen LogP contribution in [0.15, 0.2) is 24.3 Å². The lowest BCUT2D eigenvalue weighted by molar-refractivity contribution is 0.466. The van der Waals surface area contributed by atoms with Crippen molar-refractivity contribution < 1.29 is 5.11 Å². The van der Waals surface area contributed by atoms with E-state index in [0.29, 0.717) is 5.75 Å². The van der Waals surface area contributed by atoms with Crippen molar-refractivity contribution in [2.45, 2.75) is 27.2 Å². The van der Waals surface area contributed by atoms with Gasteiger partial charge < -0.3 is 5.11 Å². The van der Waals surface area contributed by atoms with E-state index in [-0.39, 0.29) is 0 Å². The number of allylic oxidation sites excluding steroid dienone is 1. The molecule has 0 unspecified atom stereocenters. The SMILES string of the molecule is C=C(C)Cc1cc(C)c(O)c(C)c1. The molecule has 13 heavy (non-hydrogen) atoms. The zero-order chi connectivity index (χ0) is 10.0. The molecule has 0 aliphatic heterocycles. The van der Waals surface area contributed by atoms with Gasteiger partial charge in [0.25, 0.3) is 0 Å². The van der Waals surface area contributed by atoms with Gasteiger partial charge in [0.2, 0.25) is 0 Å². The Hall–Kier alpha value is -1.24. The summed E-state index contributed by atoms with van der Waals surface area (Å²) in [5.74, 6) is 0.408. The number of benzene rings is 1. The fourth-order valence-electron chi connectivity index (χ4n) is 1.50. The summed E-state index contributed by atoms with van der Waals surface area (Å²) in [7, 11) is 0. The number of rotatable bonds is 2. The number of hydrogen-bond donors (Lipinski definition) is 1. The minimum atomic E-state index is 0.408. The molecule has 0 spiro atoms. The Kier molecular flexibility index (Phi) is 2.76. The maximum absolute atomic E-state index is 9.54. The first-order valence-corrected chi connectivity index (χ1v) is 4.44. The summed E-state index contributed by atoms with van der Waals surface area (Å²) < 4.78 is 0. The zero-order valence-electron chi connectivity index (χ0n) is 8.52. The standard InChI is InChI=1S/C12H16O/c1-8(2)5-11-6-9(3)12(13)10(4)7-11/h6-7,13H,1,5H2,2-4H3. The molecule has 1 rings (SSSR count). The Balaban J connectivity index is 3.06. The average Bonchev–Trinajstić information content (AvgIpc) is 1.98. The summed E-state index contributed by atoms with van der Waals surface area (Å²) in [4.78, 5) is 0. The van der Waals surface area contributed by atoms with Crippen LogP contribution in [0, 0.1) is 13.8 Å². The average molecular weight is 176 g/mol. The van der Waals surface area contributed by atoms with Crippen LogP contribution in [0.4, 0.5) is 0 Å². The molecule has 0 atom stereocenters. The van der Waals surface area contributed by atoms with Crippen molar-refractivity contribution in [3.63, 3.8) is 0 Å². The fraction of sp³-hybridized carbons (Fsp3) is 0.333. The Morgan fingerprint density at radius 3 is 2.15 bits per heavy atom. The number of phenols is 1. The van der Waals surface area contributed by atoms with Gasteiger partial charge in [0.1, 0.15) is 5.75 Å². The van der Waals surface area contributed by atoms with Gasteiger partial charge in [-0.25, -0.2) is 0 Å².